The Kier molecular flexibility index (Phi) is 3.77. The second-order valence-corrected chi connectivity index (χ2v) is 4.83. The van der Waals surface area contributed by atoms with Gasteiger partial charge in [-0.1, -0.05) is 24.6 Å². The maximum Gasteiger partial charge on any atom is 0.0998 e. The molecule has 0 aliphatic heterocycles. The summed E-state index contributed by atoms with van der Waals surface area (Å²) in [5, 5.41) is 8.32. The van der Waals surface area contributed by atoms with Gasteiger partial charge >= 0.3 is 0 Å². The number of aromatic nitrogens is 3. The number of benzene rings is 1. The zero-order valence-electron chi connectivity index (χ0n) is 11.2. The normalized spacial score (nSPS) is 12.7. The van der Waals surface area contributed by atoms with Crippen LogP contribution in [0.3, 0.4) is 0 Å². The van der Waals surface area contributed by atoms with Crippen molar-refractivity contribution in [3.8, 4) is 5.69 Å². The molecule has 1 unspecified atom stereocenters. The molecule has 2 rings (SSSR count). The van der Waals surface area contributed by atoms with E-state index in [2.05, 4.69) is 49.3 Å². The fraction of sp³-hybridized carbons (Fsp3) is 0.429. The highest BCUT2D eigenvalue weighted by Crippen LogP contribution is 2.16. The molecule has 1 aromatic heterocycles. The molecule has 2 N–H and O–H groups in total. The van der Waals surface area contributed by atoms with Gasteiger partial charge in [-0.05, 0) is 43.5 Å². The molecule has 4 nitrogen and oxygen atoms in total. The summed E-state index contributed by atoms with van der Waals surface area (Å²) < 4.78 is 1.80. The van der Waals surface area contributed by atoms with Crippen molar-refractivity contribution in [2.75, 3.05) is 0 Å². The van der Waals surface area contributed by atoms with E-state index in [1.807, 2.05) is 6.20 Å². The Morgan fingerprint density at radius 2 is 1.89 bits per heavy atom. The van der Waals surface area contributed by atoms with Crippen LogP contribution in [0.15, 0.2) is 24.4 Å². The van der Waals surface area contributed by atoms with Gasteiger partial charge in [0.1, 0.15) is 0 Å². The monoisotopic (exact) mass is 244 g/mol. The Labute approximate surface area is 108 Å². The standard InChI is InChI=1S/C14H20N4/c1-4-5-13(15)14-9-18(17-16-14)12-7-10(2)6-11(3)8-12/h6-9,13H,4-5,15H2,1-3H3. The fourth-order valence-corrected chi connectivity index (χ4v) is 2.11. The lowest BCUT2D eigenvalue weighted by Crippen LogP contribution is -2.10. The molecule has 0 amide bonds. The van der Waals surface area contributed by atoms with E-state index in [1.165, 1.54) is 11.1 Å². The highest BCUT2D eigenvalue weighted by Gasteiger charge is 2.10. The van der Waals surface area contributed by atoms with Crippen molar-refractivity contribution >= 4 is 0 Å². The first-order valence-corrected chi connectivity index (χ1v) is 6.36. The van der Waals surface area contributed by atoms with Crippen LogP contribution in [-0.4, -0.2) is 15.0 Å². The predicted octanol–water partition coefficient (Wildman–Crippen LogP) is 2.68. The van der Waals surface area contributed by atoms with E-state index in [0.29, 0.717) is 0 Å². The molecule has 0 aliphatic carbocycles. The number of hydrogen-bond donors (Lipinski definition) is 1. The summed E-state index contributed by atoms with van der Waals surface area (Å²) in [7, 11) is 0. The van der Waals surface area contributed by atoms with Gasteiger partial charge in [0.2, 0.25) is 0 Å². The van der Waals surface area contributed by atoms with Crippen LogP contribution in [0, 0.1) is 13.8 Å². The van der Waals surface area contributed by atoms with Crippen molar-refractivity contribution in [2.24, 2.45) is 5.73 Å². The van der Waals surface area contributed by atoms with Crippen molar-refractivity contribution in [1.29, 1.82) is 0 Å². The predicted molar refractivity (Wildman–Crippen MR) is 72.7 cm³/mol. The average Bonchev–Trinajstić information content (AvgIpc) is 2.77. The van der Waals surface area contributed by atoms with E-state index in [-0.39, 0.29) is 6.04 Å². The summed E-state index contributed by atoms with van der Waals surface area (Å²) >= 11 is 0. The fourth-order valence-electron chi connectivity index (χ4n) is 2.11. The molecule has 0 radical (unpaired) electrons. The summed E-state index contributed by atoms with van der Waals surface area (Å²) in [6, 6.07) is 6.31. The third-order valence-corrected chi connectivity index (χ3v) is 2.96. The van der Waals surface area contributed by atoms with E-state index < -0.39 is 0 Å². The molecule has 96 valence electrons. The Hall–Kier alpha value is -1.68. The number of nitrogens with two attached hydrogens (primary N) is 1. The largest absolute Gasteiger partial charge is 0.323 e. The second-order valence-electron chi connectivity index (χ2n) is 4.83. The molecule has 0 saturated carbocycles. The average molecular weight is 244 g/mol. The SMILES string of the molecule is CCCC(N)c1cn(-c2cc(C)cc(C)c2)nn1. The topological polar surface area (TPSA) is 56.7 Å². The van der Waals surface area contributed by atoms with Gasteiger partial charge in [0.25, 0.3) is 0 Å². The number of rotatable bonds is 4. The van der Waals surface area contributed by atoms with Gasteiger partial charge in [0.05, 0.1) is 23.6 Å². The summed E-state index contributed by atoms with van der Waals surface area (Å²) in [6.07, 6.45) is 3.91. The van der Waals surface area contributed by atoms with Gasteiger partial charge in [-0.2, -0.15) is 0 Å². The minimum Gasteiger partial charge on any atom is -0.323 e. The van der Waals surface area contributed by atoms with Crippen LogP contribution in [0.5, 0.6) is 0 Å². The summed E-state index contributed by atoms with van der Waals surface area (Å²) in [4.78, 5) is 0. The number of nitrogens with zero attached hydrogens (tertiary/aromatic N) is 3. The summed E-state index contributed by atoms with van der Waals surface area (Å²) in [6.45, 7) is 6.28. The Morgan fingerprint density at radius 3 is 2.50 bits per heavy atom. The van der Waals surface area contributed by atoms with Gasteiger partial charge in [0, 0.05) is 0 Å². The third-order valence-electron chi connectivity index (χ3n) is 2.96. The molecule has 1 atom stereocenters. The molecule has 18 heavy (non-hydrogen) atoms. The van der Waals surface area contributed by atoms with E-state index >= 15 is 0 Å². The maximum absolute atomic E-state index is 6.04. The lowest BCUT2D eigenvalue weighted by molar-refractivity contribution is 0.619. The minimum absolute atomic E-state index is 0.0188. The van der Waals surface area contributed by atoms with Crippen LogP contribution in [0.1, 0.15) is 42.6 Å². The van der Waals surface area contributed by atoms with Crippen molar-refractivity contribution < 1.29 is 0 Å². The van der Waals surface area contributed by atoms with Crippen molar-refractivity contribution in [2.45, 2.75) is 39.7 Å². The van der Waals surface area contributed by atoms with Crippen LogP contribution in [0.2, 0.25) is 0 Å². The Bertz CT molecular complexity index is 510. The van der Waals surface area contributed by atoms with Crippen molar-refractivity contribution in [3.05, 3.63) is 41.2 Å². The molecule has 0 fully saturated rings. The van der Waals surface area contributed by atoms with E-state index in [0.717, 1.165) is 24.2 Å². The Balaban J connectivity index is 2.29. The molecule has 0 bridgehead atoms. The highest BCUT2D eigenvalue weighted by atomic mass is 15.4. The number of hydrogen-bond acceptors (Lipinski definition) is 3. The molecular weight excluding hydrogens is 224 g/mol. The highest BCUT2D eigenvalue weighted by molar-refractivity contribution is 5.38. The smallest absolute Gasteiger partial charge is 0.0998 e. The summed E-state index contributed by atoms with van der Waals surface area (Å²) in [5.41, 5.74) is 10.4. The maximum atomic E-state index is 6.04. The molecule has 1 heterocycles. The zero-order valence-corrected chi connectivity index (χ0v) is 11.2. The van der Waals surface area contributed by atoms with E-state index in [9.17, 15) is 0 Å². The van der Waals surface area contributed by atoms with Crippen molar-refractivity contribution in [1.82, 2.24) is 15.0 Å². The number of aryl methyl sites for hydroxylation is 2. The minimum atomic E-state index is -0.0188. The molecule has 0 spiro atoms. The second kappa shape index (κ2) is 5.31. The van der Waals surface area contributed by atoms with Gasteiger partial charge in [-0.25, -0.2) is 4.68 Å². The first-order valence-electron chi connectivity index (χ1n) is 6.36. The quantitative estimate of drug-likeness (QED) is 0.899. The van der Waals surface area contributed by atoms with Gasteiger partial charge in [-0.3, -0.25) is 0 Å². The molecule has 0 saturated heterocycles. The molecular formula is C14H20N4. The van der Waals surface area contributed by atoms with E-state index in [4.69, 9.17) is 5.73 Å². The van der Waals surface area contributed by atoms with Gasteiger partial charge in [-0.15, -0.1) is 5.10 Å². The van der Waals surface area contributed by atoms with Crippen LogP contribution < -0.4 is 5.73 Å². The molecule has 1 aromatic carbocycles. The first kappa shape index (κ1) is 12.8. The van der Waals surface area contributed by atoms with Crippen LogP contribution in [0.4, 0.5) is 0 Å². The van der Waals surface area contributed by atoms with E-state index in [1.54, 1.807) is 4.68 Å². The van der Waals surface area contributed by atoms with Gasteiger partial charge in [0.15, 0.2) is 0 Å². The van der Waals surface area contributed by atoms with Gasteiger partial charge < -0.3 is 5.73 Å². The lowest BCUT2D eigenvalue weighted by Gasteiger charge is -2.05. The first-order chi connectivity index (χ1) is 8.60. The molecule has 2 aromatic rings. The Morgan fingerprint density at radius 1 is 1.22 bits per heavy atom. The molecule has 4 heteroatoms. The van der Waals surface area contributed by atoms with Crippen LogP contribution in [0.25, 0.3) is 5.69 Å². The van der Waals surface area contributed by atoms with Crippen LogP contribution in [-0.2, 0) is 0 Å². The molecule has 0 aliphatic rings. The van der Waals surface area contributed by atoms with Crippen LogP contribution >= 0.6 is 0 Å². The van der Waals surface area contributed by atoms with Crippen molar-refractivity contribution in [3.63, 3.8) is 0 Å². The third kappa shape index (κ3) is 2.76. The zero-order chi connectivity index (χ0) is 13.1. The lowest BCUT2D eigenvalue weighted by atomic mass is 10.1. The summed E-state index contributed by atoms with van der Waals surface area (Å²) in [5.74, 6) is 0.